The Kier molecular flexibility index (Phi) is 8.32. The van der Waals surface area contributed by atoms with E-state index in [1.54, 1.807) is 0 Å². The molecule has 7 heteroatoms. The van der Waals surface area contributed by atoms with E-state index in [1.165, 1.54) is 4.90 Å². The van der Waals surface area contributed by atoms with E-state index in [2.05, 4.69) is 5.32 Å². The summed E-state index contributed by atoms with van der Waals surface area (Å²) in [6.45, 7) is 4.85. The highest BCUT2D eigenvalue weighted by molar-refractivity contribution is 5.83. The number of nitrogens with zero attached hydrogens (tertiary/aromatic N) is 1. The Labute approximate surface area is 112 Å². The molecule has 1 atom stereocenters. The second kappa shape index (κ2) is 9.18. The summed E-state index contributed by atoms with van der Waals surface area (Å²) in [5, 5.41) is 19.8. The second-order valence-corrected chi connectivity index (χ2v) is 4.21. The van der Waals surface area contributed by atoms with E-state index in [0.717, 1.165) is 12.8 Å². The standard InChI is InChI=1S/C12H22N2O5/c1-3-5-8-14(4-2)12(19)13-9(11(17)18)6-7-10(15)16/h9H,3-8H2,1-2H3,(H,13,19)(H,15,16)(H,17,18)/t9-/m0/s1. The van der Waals surface area contributed by atoms with E-state index in [4.69, 9.17) is 10.2 Å². The fraction of sp³-hybridized carbons (Fsp3) is 0.750. The SMILES string of the molecule is CCCCN(CC)C(=O)N[C@@H](CCC(=O)O)C(=O)O. The zero-order chi connectivity index (χ0) is 14.8. The molecule has 0 aromatic rings. The number of unbranched alkanes of at least 4 members (excludes halogenated alkanes) is 1. The Morgan fingerprint density at radius 1 is 1.21 bits per heavy atom. The number of carbonyl (C=O) groups is 3. The predicted octanol–water partition coefficient (Wildman–Crippen LogP) is 1.14. The predicted molar refractivity (Wildman–Crippen MR) is 69.0 cm³/mol. The van der Waals surface area contributed by atoms with E-state index < -0.39 is 24.0 Å². The number of carboxylic acids is 2. The van der Waals surface area contributed by atoms with Crippen LogP contribution in [0.2, 0.25) is 0 Å². The number of carbonyl (C=O) groups excluding carboxylic acids is 1. The molecule has 0 aliphatic carbocycles. The highest BCUT2D eigenvalue weighted by Gasteiger charge is 2.23. The first-order chi connectivity index (χ1) is 8.92. The van der Waals surface area contributed by atoms with Gasteiger partial charge in [-0.15, -0.1) is 0 Å². The topological polar surface area (TPSA) is 107 Å². The van der Waals surface area contributed by atoms with Gasteiger partial charge in [0.05, 0.1) is 0 Å². The van der Waals surface area contributed by atoms with Gasteiger partial charge in [0, 0.05) is 19.5 Å². The molecule has 0 saturated heterocycles. The summed E-state index contributed by atoms with van der Waals surface area (Å²) < 4.78 is 0. The van der Waals surface area contributed by atoms with Crippen molar-refractivity contribution in [3.8, 4) is 0 Å². The van der Waals surface area contributed by atoms with E-state index in [1.807, 2.05) is 13.8 Å². The molecule has 0 unspecified atom stereocenters. The van der Waals surface area contributed by atoms with Crippen LogP contribution in [0.15, 0.2) is 0 Å². The number of nitrogens with one attached hydrogen (secondary N) is 1. The second-order valence-electron chi connectivity index (χ2n) is 4.21. The third kappa shape index (κ3) is 7.28. The van der Waals surface area contributed by atoms with Crippen LogP contribution < -0.4 is 5.32 Å². The van der Waals surface area contributed by atoms with Gasteiger partial charge >= 0.3 is 18.0 Å². The largest absolute Gasteiger partial charge is 0.481 e. The lowest BCUT2D eigenvalue weighted by molar-refractivity contribution is -0.140. The van der Waals surface area contributed by atoms with Gasteiger partial charge < -0.3 is 20.4 Å². The fourth-order valence-electron chi connectivity index (χ4n) is 1.52. The van der Waals surface area contributed by atoms with E-state index in [9.17, 15) is 14.4 Å². The lowest BCUT2D eigenvalue weighted by Crippen LogP contribution is -2.48. The Bertz CT molecular complexity index is 319. The smallest absolute Gasteiger partial charge is 0.326 e. The van der Waals surface area contributed by atoms with Crippen molar-refractivity contribution in [1.82, 2.24) is 10.2 Å². The van der Waals surface area contributed by atoms with E-state index in [-0.39, 0.29) is 12.8 Å². The molecule has 0 aliphatic rings. The van der Waals surface area contributed by atoms with Gasteiger partial charge in [-0.05, 0) is 19.8 Å². The molecular formula is C12H22N2O5. The van der Waals surface area contributed by atoms with Crippen molar-refractivity contribution in [2.45, 2.75) is 45.6 Å². The first-order valence-corrected chi connectivity index (χ1v) is 6.42. The molecule has 0 bridgehead atoms. The first-order valence-electron chi connectivity index (χ1n) is 6.42. The van der Waals surface area contributed by atoms with Gasteiger partial charge in [0.2, 0.25) is 0 Å². The van der Waals surface area contributed by atoms with E-state index in [0.29, 0.717) is 13.1 Å². The summed E-state index contributed by atoms with van der Waals surface area (Å²) in [6.07, 6.45) is 1.36. The number of hydrogen-bond donors (Lipinski definition) is 3. The number of carboxylic acid groups (broad SMARTS) is 2. The van der Waals surface area contributed by atoms with Gasteiger partial charge in [-0.1, -0.05) is 13.3 Å². The molecule has 0 aliphatic heterocycles. The van der Waals surface area contributed by atoms with Crippen molar-refractivity contribution in [1.29, 1.82) is 0 Å². The Morgan fingerprint density at radius 2 is 1.84 bits per heavy atom. The molecule has 3 N–H and O–H groups in total. The number of amides is 2. The number of urea groups is 1. The maximum atomic E-state index is 11.8. The molecular weight excluding hydrogens is 252 g/mol. The average Bonchev–Trinajstić information content (AvgIpc) is 2.34. The highest BCUT2D eigenvalue weighted by Crippen LogP contribution is 2.01. The summed E-state index contributed by atoms with van der Waals surface area (Å²) in [5.74, 6) is -2.31. The molecule has 2 amide bonds. The van der Waals surface area contributed by atoms with Crippen LogP contribution >= 0.6 is 0 Å². The molecule has 110 valence electrons. The number of rotatable bonds is 9. The third-order valence-electron chi connectivity index (χ3n) is 2.69. The highest BCUT2D eigenvalue weighted by atomic mass is 16.4. The van der Waals surface area contributed by atoms with Crippen LogP contribution in [0.5, 0.6) is 0 Å². The fourth-order valence-corrected chi connectivity index (χ4v) is 1.52. The van der Waals surface area contributed by atoms with Gasteiger partial charge in [0.15, 0.2) is 0 Å². The quantitative estimate of drug-likeness (QED) is 0.584. The average molecular weight is 274 g/mol. The van der Waals surface area contributed by atoms with Crippen molar-refractivity contribution in [2.75, 3.05) is 13.1 Å². The first kappa shape index (κ1) is 17.2. The van der Waals surface area contributed by atoms with Gasteiger partial charge in [0.1, 0.15) is 6.04 Å². The van der Waals surface area contributed by atoms with Crippen molar-refractivity contribution < 1.29 is 24.6 Å². The maximum absolute atomic E-state index is 11.8. The van der Waals surface area contributed by atoms with Crippen LogP contribution in [0.25, 0.3) is 0 Å². The Morgan fingerprint density at radius 3 is 2.26 bits per heavy atom. The van der Waals surface area contributed by atoms with Crippen LogP contribution in [-0.4, -0.2) is 52.2 Å². The van der Waals surface area contributed by atoms with Crippen molar-refractivity contribution in [3.05, 3.63) is 0 Å². The number of aliphatic carboxylic acids is 2. The summed E-state index contributed by atoms with van der Waals surface area (Å²) in [7, 11) is 0. The Balaban J connectivity index is 4.42. The molecule has 19 heavy (non-hydrogen) atoms. The number of hydrogen-bond acceptors (Lipinski definition) is 3. The van der Waals surface area contributed by atoms with Crippen molar-refractivity contribution in [2.24, 2.45) is 0 Å². The van der Waals surface area contributed by atoms with Crippen LogP contribution in [0, 0.1) is 0 Å². The lowest BCUT2D eigenvalue weighted by atomic mass is 10.1. The molecule has 0 radical (unpaired) electrons. The van der Waals surface area contributed by atoms with Crippen LogP contribution in [0.3, 0.4) is 0 Å². The minimum absolute atomic E-state index is 0.123. The summed E-state index contributed by atoms with van der Waals surface area (Å²) >= 11 is 0. The maximum Gasteiger partial charge on any atom is 0.326 e. The van der Waals surface area contributed by atoms with Gasteiger partial charge in [-0.25, -0.2) is 9.59 Å². The van der Waals surface area contributed by atoms with Crippen LogP contribution in [0.1, 0.15) is 39.5 Å². The molecule has 0 saturated carbocycles. The molecule has 0 aromatic heterocycles. The molecule has 0 aromatic carbocycles. The minimum Gasteiger partial charge on any atom is -0.481 e. The Hall–Kier alpha value is -1.79. The molecule has 0 fully saturated rings. The van der Waals surface area contributed by atoms with Gasteiger partial charge in [0.25, 0.3) is 0 Å². The third-order valence-corrected chi connectivity index (χ3v) is 2.69. The molecule has 7 nitrogen and oxygen atoms in total. The zero-order valence-corrected chi connectivity index (χ0v) is 11.4. The van der Waals surface area contributed by atoms with E-state index >= 15 is 0 Å². The van der Waals surface area contributed by atoms with Gasteiger partial charge in [-0.2, -0.15) is 0 Å². The van der Waals surface area contributed by atoms with Crippen LogP contribution in [0.4, 0.5) is 4.79 Å². The monoisotopic (exact) mass is 274 g/mol. The van der Waals surface area contributed by atoms with Crippen molar-refractivity contribution in [3.63, 3.8) is 0 Å². The van der Waals surface area contributed by atoms with Crippen LogP contribution in [-0.2, 0) is 9.59 Å². The van der Waals surface area contributed by atoms with Crippen molar-refractivity contribution >= 4 is 18.0 Å². The zero-order valence-electron chi connectivity index (χ0n) is 11.4. The molecule has 0 rings (SSSR count). The lowest BCUT2D eigenvalue weighted by Gasteiger charge is -2.23. The summed E-state index contributed by atoms with van der Waals surface area (Å²) in [5.41, 5.74) is 0. The van der Waals surface area contributed by atoms with Gasteiger partial charge in [-0.3, -0.25) is 4.79 Å². The molecule has 0 heterocycles. The summed E-state index contributed by atoms with van der Waals surface area (Å²) in [6, 6.07) is -1.63. The molecule has 0 spiro atoms. The minimum atomic E-state index is -1.22. The normalized spacial score (nSPS) is 11.7. The summed E-state index contributed by atoms with van der Waals surface area (Å²) in [4.78, 5) is 34.7.